The van der Waals surface area contributed by atoms with E-state index in [0.717, 1.165) is 24.2 Å². The Morgan fingerprint density at radius 3 is 2.38 bits per heavy atom. The topological polar surface area (TPSA) is 87.2 Å². The first kappa shape index (κ1) is 25.2. The lowest BCUT2D eigenvalue weighted by Gasteiger charge is -2.28. The Kier molecular flexibility index (Phi) is 7.89. The molecule has 1 N–H and O–H groups in total. The number of esters is 1. The van der Waals surface area contributed by atoms with Crippen LogP contribution in [0.15, 0.2) is 48.0 Å². The molecule has 1 atom stereocenters. The van der Waals surface area contributed by atoms with Crippen molar-refractivity contribution in [2.24, 2.45) is 0 Å². The van der Waals surface area contributed by atoms with Gasteiger partial charge in [0.2, 0.25) is 0 Å². The zero-order valence-electron chi connectivity index (χ0n) is 20.4. The van der Waals surface area contributed by atoms with Gasteiger partial charge in [0.05, 0.1) is 11.6 Å². The molecule has 1 aliphatic rings. The van der Waals surface area contributed by atoms with E-state index in [2.05, 4.69) is 4.90 Å². The number of aliphatic hydroxyl groups excluding tert-OH is 1. The van der Waals surface area contributed by atoms with Crippen molar-refractivity contribution < 1.29 is 24.2 Å². The van der Waals surface area contributed by atoms with E-state index in [4.69, 9.17) is 4.74 Å². The molecule has 0 spiro atoms. The molecule has 0 saturated carbocycles. The van der Waals surface area contributed by atoms with Crippen molar-refractivity contribution in [3.63, 3.8) is 0 Å². The average Bonchev–Trinajstić information content (AvgIpc) is 3.05. The van der Waals surface area contributed by atoms with Crippen LogP contribution in [0.5, 0.6) is 5.75 Å². The molecule has 180 valence electrons. The van der Waals surface area contributed by atoms with Crippen LogP contribution in [0.4, 0.5) is 0 Å². The van der Waals surface area contributed by atoms with E-state index < -0.39 is 23.7 Å². The van der Waals surface area contributed by atoms with E-state index in [1.54, 1.807) is 36.4 Å². The van der Waals surface area contributed by atoms with Crippen LogP contribution < -0.4 is 4.74 Å². The lowest BCUT2D eigenvalue weighted by atomic mass is 9.94. The Bertz CT molecular complexity index is 1130. The van der Waals surface area contributed by atoms with Crippen LogP contribution in [-0.2, 0) is 14.4 Å². The molecular formula is C27H32N2O5. The number of rotatable bonds is 8. The summed E-state index contributed by atoms with van der Waals surface area (Å²) in [7, 11) is 0. The van der Waals surface area contributed by atoms with Gasteiger partial charge in [0.1, 0.15) is 11.5 Å². The van der Waals surface area contributed by atoms with Crippen molar-refractivity contribution in [1.29, 1.82) is 0 Å². The number of Topliss-reactive ketones (excluding diaryl/α,β-unsaturated/α-hetero) is 1. The number of carbonyl (C=O) groups is 3. The van der Waals surface area contributed by atoms with Crippen molar-refractivity contribution >= 4 is 23.4 Å². The summed E-state index contributed by atoms with van der Waals surface area (Å²) in [5.74, 6) is -1.75. The standard InChI is InChI=1S/C27H32N2O5/c1-6-28(7-2)13-14-29-24(20-9-8-10-22(16-20)34-19(5)30)23(26(32)27(29)33)25(31)21-12-11-17(3)18(4)15-21/h8-12,15-16,24,31H,6-7,13-14H2,1-5H3/b25-23-. The Hall–Kier alpha value is -3.45. The molecule has 1 aliphatic heterocycles. The maximum atomic E-state index is 13.2. The normalized spacial score (nSPS) is 17.5. The smallest absolute Gasteiger partial charge is 0.308 e. The molecule has 0 aromatic heterocycles. The first-order valence-electron chi connectivity index (χ1n) is 11.5. The minimum absolute atomic E-state index is 0.0350. The van der Waals surface area contributed by atoms with Gasteiger partial charge in [-0.05, 0) is 61.8 Å². The van der Waals surface area contributed by atoms with Crippen molar-refractivity contribution in [1.82, 2.24) is 9.80 Å². The average molecular weight is 465 g/mol. The fourth-order valence-corrected chi connectivity index (χ4v) is 4.20. The number of hydrogen-bond donors (Lipinski definition) is 1. The molecule has 2 aromatic rings. The molecule has 0 radical (unpaired) electrons. The molecule has 7 heteroatoms. The minimum atomic E-state index is -0.798. The summed E-state index contributed by atoms with van der Waals surface area (Å²) in [5, 5.41) is 11.2. The van der Waals surface area contributed by atoms with Gasteiger partial charge in [-0.25, -0.2) is 0 Å². The monoisotopic (exact) mass is 464 g/mol. The third kappa shape index (κ3) is 5.20. The minimum Gasteiger partial charge on any atom is -0.507 e. The highest BCUT2D eigenvalue weighted by Crippen LogP contribution is 2.40. The van der Waals surface area contributed by atoms with Crippen LogP contribution >= 0.6 is 0 Å². The van der Waals surface area contributed by atoms with E-state index in [1.165, 1.54) is 11.8 Å². The summed E-state index contributed by atoms with van der Waals surface area (Å²) >= 11 is 0. The van der Waals surface area contributed by atoms with Crippen LogP contribution in [0.1, 0.15) is 49.1 Å². The Balaban J connectivity index is 2.14. The van der Waals surface area contributed by atoms with Crippen molar-refractivity contribution in [2.45, 2.75) is 40.7 Å². The van der Waals surface area contributed by atoms with Gasteiger partial charge in [0, 0.05) is 25.6 Å². The van der Waals surface area contributed by atoms with Gasteiger partial charge < -0.3 is 19.6 Å². The summed E-state index contributed by atoms with van der Waals surface area (Å²) in [6.45, 7) is 11.8. The Morgan fingerprint density at radius 2 is 1.76 bits per heavy atom. The maximum absolute atomic E-state index is 13.2. The lowest BCUT2D eigenvalue weighted by Crippen LogP contribution is -2.38. The van der Waals surface area contributed by atoms with Gasteiger partial charge in [-0.3, -0.25) is 14.4 Å². The second-order valence-electron chi connectivity index (χ2n) is 8.48. The van der Waals surface area contributed by atoms with E-state index in [9.17, 15) is 19.5 Å². The first-order chi connectivity index (χ1) is 16.2. The number of ketones is 1. The highest BCUT2D eigenvalue weighted by molar-refractivity contribution is 6.46. The van der Waals surface area contributed by atoms with Crippen molar-refractivity contribution in [2.75, 3.05) is 26.2 Å². The molecule has 2 aromatic carbocycles. The SMILES string of the molecule is CCN(CC)CCN1C(=O)C(=O)/C(=C(\O)c2ccc(C)c(C)c2)C1c1cccc(OC(C)=O)c1. The van der Waals surface area contributed by atoms with E-state index in [1.807, 2.05) is 33.8 Å². The molecule has 0 bridgehead atoms. The first-order valence-corrected chi connectivity index (χ1v) is 11.5. The van der Waals surface area contributed by atoms with Gasteiger partial charge in [0.15, 0.2) is 0 Å². The van der Waals surface area contributed by atoms with E-state index >= 15 is 0 Å². The fraction of sp³-hybridized carbons (Fsp3) is 0.370. The van der Waals surface area contributed by atoms with Crippen LogP contribution in [-0.4, -0.2) is 58.7 Å². The molecule has 3 rings (SSSR count). The van der Waals surface area contributed by atoms with Crippen molar-refractivity contribution in [3.8, 4) is 5.75 Å². The predicted molar refractivity (Wildman–Crippen MR) is 130 cm³/mol. The van der Waals surface area contributed by atoms with Crippen LogP contribution in [0, 0.1) is 13.8 Å². The maximum Gasteiger partial charge on any atom is 0.308 e. The quantitative estimate of drug-likeness (QED) is 0.209. The highest BCUT2D eigenvalue weighted by Gasteiger charge is 2.46. The zero-order valence-corrected chi connectivity index (χ0v) is 20.4. The third-order valence-electron chi connectivity index (χ3n) is 6.31. The summed E-state index contributed by atoms with van der Waals surface area (Å²) in [6.07, 6.45) is 0. The zero-order chi connectivity index (χ0) is 25.0. The largest absolute Gasteiger partial charge is 0.507 e. The number of likely N-dealkylation sites (N-methyl/N-ethyl adjacent to an activating group) is 1. The van der Waals surface area contributed by atoms with Gasteiger partial charge in [-0.2, -0.15) is 0 Å². The summed E-state index contributed by atoms with van der Waals surface area (Å²) < 4.78 is 5.23. The second kappa shape index (κ2) is 10.7. The van der Waals surface area contributed by atoms with Gasteiger partial charge in [-0.1, -0.05) is 38.1 Å². The van der Waals surface area contributed by atoms with Crippen LogP contribution in [0.3, 0.4) is 0 Å². The van der Waals surface area contributed by atoms with Crippen LogP contribution in [0.2, 0.25) is 0 Å². The molecule has 0 aliphatic carbocycles. The number of likely N-dealkylation sites (tertiary alicyclic amines) is 1. The summed E-state index contributed by atoms with van der Waals surface area (Å²) in [4.78, 5) is 41.5. The number of aliphatic hydroxyl groups is 1. The second-order valence-corrected chi connectivity index (χ2v) is 8.48. The van der Waals surface area contributed by atoms with Gasteiger partial charge in [-0.15, -0.1) is 0 Å². The molecule has 1 saturated heterocycles. The molecule has 7 nitrogen and oxygen atoms in total. The number of benzene rings is 2. The number of nitrogens with zero attached hydrogens (tertiary/aromatic N) is 2. The molecular weight excluding hydrogens is 432 g/mol. The van der Waals surface area contributed by atoms with Crippen molar-refractivity contribution in [3.05, 3.63) is 70.3 Å². The number of ether oxygens (including phenoxy) is 1. The third-order valence-corrected chi connectivity index (χ3v) is 6.31. The molecule has 1 unspecified atom stereocenters. The highest BCUT2D eigenvalue weighted by atomic mass is 16.5. The Labute approximate surface area is 200 Å². The van der Waals surface area contributed by atoms with Crippen LogP contribution in [0.25, 0.3) is 5.76 Å². The number of hydrogen-bond acceptors (Lipinski definition) is 6. The van der Waals surface area contributed by atoms with Gasteiger partial charge in [0.25, 0.3) is 11.7 Å². The van der Waals surface area contributed by atoms with Gasteiger partial charge >= 0.3 is 5.97 Å². The number of aryl methyl sites for hydroxylation is 2. The molecule has 34 heavy (non-hydrogen) atoms. The lowest BCUT2D eigenvalue weighted by molar-refractivity contribution is -0.140. The summed E-state index contributed by atoms with van der Waals surface area (Å²) in [5.41, 5.74) is 3.12. The molecule has 1 fully saturated rings. The molecule has 1 heterocycles. The summed E-state index contributed by atoms with van der Waals surface area (Å²) in [6, 6.07) is 11.4. The predicted octanol–water partition coefficient (Wildman–Crippen LogP) is 3.99. The Morgan fingerprint density at radius 1 is 1.06 bits per heavy atom. The van der Waals surface area contributed by atoms with E-state index in [-0.39, 0.29) is 11.3 Å². The van der Waals surface area contributed by atoms with E-state index in [0.29, 0.717) is 30.0 Å². The molecule has 1 amide bonds. The number of amides is 1. The number of carbonyl (C=O) groups excluding carboxylic acids is 3. The fourth-order valence-electron chi connectivity index (χ4n) is 4.20.